The molecule has 1 saturated carbocycles. The minimum Gasteiger partial charge on any atom is -0.481 e. The Labute approximate surface area is 210 Å². The van der Waals surface area contributed by atoms with E-state index in [0.29, 0.717) is 34.6 Å². The van der Waals surface area contributed by atoms with Gasteiger partial charge in [-0.1, -0.05) is 24.3 Å². The molecule has 0 amide bonds. The summed E-state index contributed by atoms with van der Waals surface area (Å²) in [4.78, 5) is 21.4. The lowest BCUT2D eigenvalue weighted by Gasteiger charge is -2.13. The smallest absolute Gasteiger partial charge is 0.434 e. The number of halogens is 3. The summed E-state index contributed by atoms with van der Waals surface area (Å²) in [7, 11) is 4.55. The lowest BCUT2D eigenvalue weighted by molar-refractivity contribution is -0.140. The largest absolute Gasteiger partial charge is 0.481 e. The Morgan fingerprint density at radius 3 is 2.32 bits per heavy atom. The molecule has 3 heterocycles. The quantitative estimate of drug-likeness (QED) is 0.331. The molecular formula is C25H23F3N6O3. The maximum Gasteiger partial charge on any atom is 0.434 e. The van der Waals surface area contributed by atoms with Crippen molar-refractivity contribution in [3.8, 4) is 40.4 Å². The molecule has 9 nitrogen and oxygen atoms in total. The number of aryl methyl sites for hydroxylation is 1. The van der Waals surface area contributed by atoms with Crippen LogP contribution in [0.4, 0.5) is 13.2 Å². The van der Waals surface area contributed by atoms with Gasteiger partial charge in [-0.25, -0.2) is 15.0 Å². The molecule has 192 valence electrons. The third-order valence-corrected chi connectivity index (χ3v) is 5.88. The summed E-state index contributed by atoms with van der Waals surface area (Å²) in [5.74, 6) is 1.80. The lowest BCUT2D eigenvalue weighted by Crippen LogP contribution is -2.05. The highest BCUT2D eigenvalue weighted by Gasteiger charge is 2.34. The molecule has 1 aliphatic rings. The standard InChI is InChI=1S/C25H23F3N6O3/c1-34-11-17(25(26,27)28)31-23(34)16-6-4-14(5-7-16)12-37-19-10-18(35-2)32-22(33-19)20-21(15-8-9-15)29-13-30-24(20)36-3/h4-7,10-11,13,15H,8-9,12H2,1-3H3. The molecule has 0 bridgehead atoms. The van der Waals surface area contributed by atoms with E-state index in [4.69, 9.17) is 14.2 Å². The Bertz CT molecular complexity index is 1420. The molecule has 0 unspecified atom stereocenters. The molecule has 0 spiro atoms. The first-order chi connectivity index (χ1) is 17.8. The minimum atomic E-state index is -4.50. The van der Waals surface area contributed by atoms with Gasteiger partial charge >= 0.3 is 6.18 Å². The van der Waals surface area contributed by atoms with Crippen molar-refractivity contribution < 1.29 is 27.4 Å². The van der Waals surface area contributed by atoms with Gasteiger partial charge in [0.25, 0.3) is 0 Å². The van der Waals surface area contributed by atoms with Crippen LogP contribution in [0.1, 0.15) is 35.7 Å². The number of nitrogens with zero attached hydrogens (tertiary/aromatic N) is 6. The fourth-order valence-corrected chi connectivity index (χ4v) is 3.89. The van der Waals surface area contributed by atoms with Crippen molar-refractivity contribution in [3.63, 3.8) is 0 Å². The normalized spacial score (nSPS) is 13.5. The first-order valence-corrected chi connectivity index (χ1v) is 11.4. The van der Waals surface area contributed by atoms with Crippen LogP contribution in [0.5, 0.6) is 17.6 Å². The van der Waals surface area contributed by atoms with Crippen LogP contribution in [-0.4, -0.2) is 43.7 Å². The highest BCUT2D eigenvalue weighted by molar-refractivity contribution is 5.66. The Morgan fingerprint density at radius 2 is 1.70 bits per heavy atom. The summed E-state index contributed by atoms with van der Waals surface area (Å²) >= 11 is 0. The summed E-state index contributed by atoms with van der Waals surface area (Å²) in [6.07, 6.45) is -0.0326. The molecule has 1 fully saturated rings. The van der Waals surface area contributed by atoms with Crippen molar-refractivity contribution in [2.24, 2.45) is 7.05 Å². The summed E-state index contributed by atoms with van der Waals surface area (Å²) < 4.78 is 57.1. The molecule has 0 N–H and O–H groups in total. The van der Waals surface area contributed by atoms with Crippen LogP contribution >= 0.6 is 0 Å². The SMILES string of the molecule is COc1cc(OCc2ccc(-c3nc(C(F)(F)F)cn3C)cc2)nc(-c2c(OC)ncnc2C2CC2)n1. The lowest BCUT2D eigenvalue weighted by atomic mass is 10.1. The minimum absolute atomic E-state index is 0.159. The van der Waals surface area contributed by atoms with Gasteiger partial charge < -0.3 is 18.8 Å². The van der Waals surface area contributed by atoms with Gasteiger partial charge in [-0.3, -0.25) is 0 Å². The van der Waals surface area contributed by atoms with Crippen LogP contribution in [0.2, 0.25) is 0 Å². The molecule has 4 aromatic rings. The summed E-state index contributed by atoms with van der Waals surface area (Å²) in [6.45, 7) is 0.159. The molecule has 0 saturated heterocycles. The molecular weight excluding hydrogens is 489 g/mol. The van der Waals surface area contributed by atoms with Crippen LogP contribution in [-0.2, 0) is 19.8 Å². The first kappa shape index (κ1) is 24.5. The zero-order chi connectivity index (χ0) is 26.2. The van der Waals surface area contributed by atoms with Gasteiger partial charge in [-0.2, -0.15) is 23.1 Å². The number of hydrogen-bond donors (Lipinski definition) is 0. The van der Waals surface area contributed by atoms with Crippen molar-refractivity contribution in [3.05, 3.63) is 59.8 Å². The van der Waals surface area contributed by atoms with Crippen LogP contribution in [0.3, 0.4) is 0 Å². The maximum atomic E-state index is 13.0. The number of imidazole rings is 1. The third-order valence-electron chi connectivity index (χ3n) is 5.88. The number of aromatic nitrogens is 6. The molecule has 12 heteroatoms. The molecule has 5 rings (SSSR count). The number of alkyl halides is 3. The highest BCUT2D eigenvalue weighted by atomic mass is 19.4. The van der Waals surface area contributed by atoms with E-state index in [-0.39, 0.29) is 18.3 Å². The van der Waals surface area contributed by atoms with E-state index in [0.717, 1.165) is 30.3 Å². The van der Waals surface area contributed by atoms with E-state index in [2.05, 4.69) is 24.9 Å². The predicted molar refractivity (Wildman–Crippen MR) is 126 cm³/mol. The van der Waals surface area contributed by atoms with Gasteiger partial charge in [0.2, 0.25) is 17.6 Å². The van der Waals surface area contributed by atoms with Gasteiger partial charge in [0.15, 0.2) is 11.5 Å². The predicted octanol–water partition coefficient (Wildman–Crippen LogP) is 4.83. The van der Waals surface area contributed by atoms with Crippen LogP contribution < -0.4 is 14.2 Å². The second kappa shape index (κ2) is 9.68. The van der Waals surface area contributed by atoms with Gasteiger partial charge in [-0.05, 0) is 18.4 Å². The van der Waals surface area contributed by atoms with Gasteiger partial charge in [0.1, 0.15) is 24.3 Å². The van der Waals surface area contributed by atoms with Crippen molar-refractivity contribution in [2.45, 2.75) is 31.5 Å². The van der Waals surface area contributed by atoms with Crippen LogP contribution in [0.15, 0.2) is 42.9 Å². The second-order valence-corrected chi connectivity index (χ2v) is 8.53. The monoisotopic (exact) mass is 512 g/mol. The van der Waals surface area contributed by atoms with Crippen molar-refractivity contribution in [2.75, 3.05) is 14.2 Å². The molecule has 0 aliphatic heterocycles. The zero-order valence-corrected chi connectivity index (χ0v) is 20.3. The molecule has 0 radical (unpaired) electrons. The Balaban J connectivity index is 1.37. The number of methoxy groups -OCH3 is 2. The summed E-state index contributed by atoms with van der Waals surface area (Å²) in [5, 5.41) is 0. The number of benzene rings is 1. The van der Waals surface area contributed by atoms with Gasteiger partial charge in [0.05, 0.1) is 26.0 Å². The fraction of sp³-hybridized carbons (Fsp3) is 0.320. The number of hydrogen-bond acceptors (Lipinski definition) is 8. The molecule has 1 aliphatic carbocycles. The highest BCUT2D eigenvalue weighted by Crippen LogP contribution is 2.45. The van der Waals surface area contributed by atoms with E-state index in [1.54, 1.807) is 30.3 Å². The first-order valence-electron chi connectivity index (χ1n) is 11.4. The molecule has 3 aromatic heterocycles. The molecule has 1 aromatic carbocycles. The number of ether oxygens (including phenoxy) is 3. The third kappa shape index (κ3) is 5.18. The van der Waals surface area contributed by atoms with Crippen LogP contribution in [0, 0.1) is 0 Å². The Kier molecular flexibility index (Phi) is 6.40. The average Bonchev–Trinajstić information content (AvgIpc) is 3.67. The average molecular weight is 512 g/mol. The van der Waals surface area contributed by atoms with Crippen LogP contribution in [0.25, 0.3) is 22.8 Å². The molecule has 37 heavy (non-hydrogen) atoms. The summed E-state index contributed by atoms with van der Waals surface area (Å²) in [5.41, 5.74) is 1.83. The topological polar surface area (TPSA) is 97.1 Å². The van der Waals surface area contributed by atoms with Crippen molar-refractivity contribution in [1.29, 1.82) is 0 Å². The van der Waals surface area contributed by atoms with E-state index >= 15 is 0 Å². The summed E-state index contributed by atoms with van der Waals surface area (Å²) in [6, 6.07) is 8.48. The molecule has 0 atom stereocenters. The maximum absolute atomic E-state index is 13.0. The van der Waals surface area contributed by atoms with E-state index in [1.165, 1.54) is 32.2 Å². The van der Waals surface area contributed by atoms with Crippen molar-refractivity contribution >= 4 is 0 Å². The Morgan fingerprint density at radius 1 is 0.973 bits per heavy atom. The van der Waals surface area contributed by atoms with E-state index in [1.807, 2.05) is 0 Å². The van der Waals surface area contributed by atoms with Gasteiger partial charge in [0, 0.05) is 24.7 Å². The van der Waals surface area contributed by atoms with Gasteiger partial charge in [-0.15, -0.1) is 0 Å². The second-order valence-electron chi connectivity index (χ2n) is 8.53. The number of rotatable bonds is 8. The fourth-order valence-electron chi connectivity index (χ4n) is 3.89. The zero-order valence-electron chi connectivity index (χ0n) is 20.3. The Hall–Kier alpha value is -4.22. The van der Waals surface area contributed by atoms with E-state index in [9.17, 15) is 13.2 Å². The van der Waals surface area contributed by atoms with Crippen molar-refractivity contribution in [1.82, 2.24) is 29.5 Å². The van der Waals surface area contributed by atoms with E-state index < -0.39 is 11.9 Å².